The van der Waals surface area contributed by atoms with Crippen molar-refractivity contribution >= 4 is 10.1 Å². The van der Waals surface area contributed by atoms with Gasteiger partial charge < -0.3 is 0 Å². The van der Waals surface area contributed by atoms with Gasteiger partial charge in [0, 0.05) is 0 Å². The summed E-state index contributed by atoms with van der Waals surface area (Å²) in [5.41, 5.74) is -6.61. The highest BCUT2D eigenvalue weighted by molar-refractivity contribution is 7.87. The number of hydrogen-bond donors (Lipinski definition) is 0. The summed E-state index contributed by atoms with van der Waals surface area (Å²) in [7, 11) is -7.16. The first-order valence-corrected chi connectivity index (χ1v) is 9.23. The molecule has 0 fully saturated rings. The van der Waals surface area contributed by atoms with E-state index in [1.807, 2.05) is 0 Å². The summed E-state index contributed by atoms with van der Waals surface area (Å²) in [5, 5.41) is 0. The van der Waals surface area contributed by atoms with E-state index in [9.17, 15) is 105 Å². The van der Waals surface area contributed by atoms with Crippen LogP contribution in [0.2, 0.25) is 0 Å². The number of ether oxygens (including phenoxy) is 2. The van der Waals surface area contributed by atoms with Gasteiger partial charge in [-0.05, 0) is 0 Å². The Kier molecular flexibility index (Phi) is 9.27. The second-order valence-corrected chi connectivity index (χ2v) is 7.96. The van der Waals surface area contributed by atoms with Gasteiger partial charge in [0.2, 0.25) is 0 Å². The average molecular weight is 664 g/mol. The molecule has 0 aliphatic rings. The van der Waals surface area contributed by atoms with Crippen LogP contribution in [0.5, 0.6) is 0 Å². The van der Waals surface area contributed by atoms with Crippen molar-refractivity contribution in [1.29, 1.82) is 0 Å². The average Bonchev–Trinajstić information content (AvgIpc) is 2.62. The van der Waals surface area contributed by atoms with Gasteiger partial charge in [-0.15, -0.1) is 0 Å². The quantitative estimate of drug-likeness (QED) is 0.138. The van der Waals surface area contributed by atoms with Crippen molar-refractivity contribution in [3.63, 3.8) is 0 Å². The minimum atomic E-state index is -8.85. The molecular weight excluding hydrogens is 662 g/mol. The molecule has 0 aromatic rings. The van der Waals surface area contributed by atoms with Crippen LogP contribution >= 0.6 is 0 Å². The summed E-state index contributed by atoms with van der Waals surface area (Å²) in [6.45, 7) is -3.69. The Labute approximate surface area is 196 Å². The monoisotopic (exact) mass is 664 g/mol. The molecule has 0 bridgehead atoms. The molecule has 0 saturated carbocycles. The summed E-state index contributed by atoms with van der Waals surface area (Å²) in [6, 6.07) is 0. The Morgan fingerprint density at radius 2 is 0.769 bits per heavy atom. The van der Waals surface area contributed by atoms with Gasteiger partial charge in [-0.2, -0.15) is 105 Å². The number of rotatable bonds is 12. The topological polar surface area (TPSA) is 61.8 Å². The van der Waals surface area contributed by atoms with Crippen LogP contribution in [0.3, 0.4) is 0 Å². The smallest absolute Gasteiger partial charge is 0.254 e. The van der Waals surface area contributed by atoms with Crippen LogP contribution < -0.4 is 0 Å². The molecule has 0 radical (unpaired) electrons. The maximum absolute atomic E-state index is 13.2. The third-order valence-electron chi connectivity index (χ3n) is 3.44. The predicted molar refractivity (Wildman–Crippen MR) is 68.7 cm³/mol. The van der Waals surface area contributed by atoms with E-state index >= 15 is 0 Å². The van der Waals surface area contributed by atoms with E-state index in [4.69, 9.17) is 0 Å². The zero-order chi connectivity index (χ0) is 32.3. The largest absolute Gasteiger partial charge is 0.523 e. The normalized spacial score (nSPS) is 16.6. The molecule has 0 N–H and O–H groups in total. The van der Waals surface area contributed by atoms with Crippen LogP contribution in [0.4, 0.5) is 96.6 Å². The van der Waals surface area contributed by atoms with Gasteiger partial charge >= 0.3 is 69.9 Å². The molecule has 0 spiro atoms. The molecule has 0 aromatic carbocycles. The fourth-order valence-electron chi connectivity index (χ4n) is 1.53. The molecule has 39 heavy (non-hydrogen) atoms. The fraction of sp³-hybridized carbons (Fsp3) is 1.00. The highest BCUT2D eigenvalue weighted by Gasteiger charge is 2.92. The van der Waals surface area contributed by atoms with Gasteiger partial charge in [-0.25, -0.2) is 9.47 Å². The lowest BCUT2D eigenvalue weighted by Crippen LogP contribution is -2.71. The standard InChI is InChI=1S/C11H2F22O5S/c12-2(13,1-36-39(34,35)11(31,32)33)37-9(27,28)10(29,30)38-8(25,26)6(20,21)4(16,17)3(14,15)5(18,19)7(22,23)24/h1H2. The van der Waals surface area contributed by atoms with Gasteiger partial charge in [0.1, 0.15) is 0 Å². The molecule has 0 aliphatic heterocycles. The van der Waals surface area contributed by atoms with Crippen LogP contribution in [0.25, 0.3) is 0 Å². The Balaban J connectivity index is 6.26. The van der Waals surface area contributed by atoms with E-state index in [1.54, 1.807) is 4.74 Å². The van der Waals surface area contributed by atoms with E-state index in [0.717, 1.165) is 4.74 Å². The molecular formula is C11H2F22O5S. The third kappa shape index (κ3) is 6.62. The molecule has 0 unspecified atom stereocenters. The molecule has 0 heterocycles. The molecule has 5 nitrogen and oxygen atoms in total. The summed E-state index contributed by atoms with van der Waals surface area (Å²) in [5.74, 6) is -34.7. The van der Waals surface area contributed by atoms with E-state index in [0.29, 0.717) is 0 Å². The number of alkyl halides is 22. The molecule has 0 saturated heterocycles. The van der Waals surface area contributed by atoms with Crippen molar-refractivity contribution < 1.29 is 119 Å². The van der Waals surface area contributed by atoms with Gasteiger partial charge in [0.05, 0.1) is 0 Å². The van der Waals surface area contributed by atoms with E-state index < -0.39 is 76.5 Å². The molecule has 0 rings (SSSR count). The van der Waals surface area contributed by atoms with Crippen molar-refractivity contribution in [2.75, 3.05) is 6.61 Å². The van der Waals surface area contributed by atoms with E-state index in [-0.39, 0.29) is 0 Å². The lowest BCUT2D eigenvalue weighted by Gasteiger charge is -2.40. The highest BCUT2D eigenvalue weighted by atomic mass is 32.2. The van der Waals surface area contributed by atoms with Crippen LogP contribution in [0.15, 0.2) is 0 Å². The van der Waals surface area contributed by atoms with Crippen LogP contribution in [-0.2, 0) is 23.8 Å². The summed E-state index contributed by atoms with van der Waals surface area (Å²) < 4.78 is 306. The van der Waals surface area contributed by atoms with Crippen LogP contribution in [-0.4, -0.2) is 74.8 Å². The molecule has 0 aromatic heterocycles. The van der Waals surface area contributed by atoms with Gasteiger partial charge in [0.15, 0.2) is 6.61 Å². The fourth-order valence-corrected chi connectivity index (χ4v) is 1.95. The first kappa shape index (κ1) is 37.3. The maximum Gasteiger partial charge on any atom is 0.523 e. The second-order valence-electron chi connectivity index (χ2n) is 6.35. The maximum atomic E-state index is 13.2. The van der Waals surface area contributed by atoms with Crippen molar-refractivity contribution in [2.45, 2.75) is 59.8 Å². The second kappa shape index (κ2) is 9.69. The lowest BCUT2D eigenvalue weighted by atomic mass is 9.97. The van der Waals surface area contributed by atoms with Gasteiger partial charge in [-0.3, -0.25) is 4.18 Å². The number of hydrogen-bond acceptors (Lipinski definition) is 5. The van der Waals surface area contributed by atoms with Gasteiger partial charge in [0.25, 0.3) is 0 Å². The number of halogens is 22. The minimum Gasteiger partial charge on any atom is -0.254 e. The zero-order valence-electron chi connectivity index (χ0n) is 16.5. The van der Waals surface area contributed by atoms with Crippen LogP contribution in [0.1, 0.15) is 0 Å². The lowest BCUT2D eigenvalue weighted by molar-refractivity contribution is -0.544. The summed E-state index contributed by atoms with van der Waals surface area (Å²) in [6.07, 6.45) is -38.6. The zero-order valence-corrected chi connectivity index (χ0v) is 17.3. The Hall–Kier alpha value is -1.71. The van der Waals surface area contributed by atoms with Gasteiger partial charge in [-0.1, -0.05) is 0 Å². The molecule has 28 heteroatoms. The van der Waals surface area contributed by atoms with E-state index in [1.165, 1.54) is 0 Å². The summed E-state index contributed by atoms with van der Waals surface area (Å²) >= 11 is 0. The minimum absolute atomic E-state index is 1.08. The van der Waals surface area contributed by atoms with Crippen molar-refractivity contribution in [3.05, 3.63) is 0 Å². The van der Waals surface area contributed by atoms with Crippen molar-refractivity contribution in [1.82, 2.24) is 0 Å². The Bertz CT molecular complexity index is 977. The first-order valence-electron chi connectivity index (χ1n) is 7.82. The molecule has 236 valence electrons. The Morgan fingerprint density at radius 1 is 0.436 bits per heavy atom. The van der Waals surface area contributed by atoms with E-state index in [2.05, 4.69) is 4.18 Å². The molecule has 0 atom stereocenters. The SMILES string of the molecule is O=S(=O)(OCC(F)(F)OC(F)(F)C(F)(F)OC(F)(F)C(F)(F)C(F)(F)C(F)(F)C(F)(F)C(F)(F)F)C(F)(F)F. The highest BCUT2D eigenvalue weighted by Crippen LogP contribution is 2.61. The van der Waals surface area contributed by atoms with Crippen molar-refractivity contribution in [2.24, 2.45) is 0 Å². The molecule has 0 amide bonds. The Morgan fingerprint density at radius 3 is 1.10 bits per heavy atom. The van der Waals surface area contributed by atoms with Crippen LogP contribution in [0, 0.1) is 0 Å². The predicted octanol–water partition coefficient (Wildman–Crippen LogP) is 6.36. The summed E-state index contributed by atoms with van der Waals surface area (Å²) in [4.78, 5) is 0. The third-order valence-corrected chi connectivity index (χ3v) is 4.44. The molecule has 0 aliphatic carbocycles. The first-order chi connectivity index (χ1) is 16.4. The van der Waals surface area contributed by atoms with Crippen molar-refractivity contribution in [3.8, 4) is 0 Å².